The fourth-order valence-corrected chi connectivity index (χ4v) is 6.07. The number of allylic oxidation sites excluding steroid dienone is 1. The van der Waals surface area contributed by atoms with Gasteiger partial charge in [0.25, 0.3) is 0 Å². The summed E-state index contributed by atoms with van der Waals surface area (Å²) in [5, 5.41) is 2.56. The van der Waals surface area contributed by atoms with Gasteiger partial charge in [-0.1, -0.05) is 11.8 Å². The van der Waals surface area contributed by atoms with Crippen molar-refractivity contribution in [2.45, 2.75) is 46.1 Å². The van der Waals surface area contributed by atoms with Gasteiger partial charge in [-0.3, -0.25) is 9.59 Å². The number of aliphatic imine (C=N–C) groups is 1. The highest BCUT2D eigenvalue weighted by atomic mass is 32.2. The standard InChI is InChI=1S/C28H35N3O7S/c1-6-37-26(33)18-9-8-12-30(15-18)23(32)13-19-16-39-28-29-17(3)24(27(34)38-7-2)25(31(19)28)21-11-10-20(35-4)14-22(21)36-5/h10-11,14,16,18,25H,6-9,12-13,15H2,1-5H3/t18-,25-/m0/s1. The molecule has 210 valence electrons. The molecule has 4 rings (SSSR count). The van der Waals surface area contributed by atoms with Gasteiger partial charge in [-0.15, -0.1) is 0 Å². The fourth-order valence-electron chi connectivity index (χ4n) is 5.10. The van der Waals surface area contributed by atoms with Crippen LogP contribution in [0, 0.1) is 5.92 Å². The number of rotatable bonds is 9. The number of carbonyl (C=O) groups excluding carboxylic acids is 3. The molecule has 0 radical (unpaired) electrons. The molecule has 3 heterocycles. The van der Waals surface area contributed by atoms with E-state index in [0.717, 1.165) is 6.42 Å². The van der Waals surface area contributed by atoms with Gasteiger partial charge >= 0.3 is 11.9 Å². The van der Waals surface area contributed by atoms with E-state index < -0.39 is 12.0 Å². The molecule has 0 saturated carbocycles. The number of esters is 2. The number of thioether (sulfide) groups is 1. The highest BCUT2D eigenvalue weighted by molar-refractivity contribution is 8.16. The minimum atomic E-state index is -0.625. The number of ether oxygens (including phenoxy) is 4. The predicted octanol–water partition coefficient (Wildman–Crippen LogP) is 4.03. The molecule has 1 aromatic rings. The first-order valence-electron chi connectivity index (χ1n) is 13.1. The number of methoxy groups -OCH3 is 2. The molecule has 1 aromatic carbocycles. The Hall–Kier alpha value is -3.47. The van der Waals surface area contributed by atoms with E-state index in [1.165, 1.54) is 11.8 Å². The van der Waals surface area contributed by atoms with Gasteiger partial charge in [0.2, 0.25) is 5.91 Å². The summed E-state index contributed by atoms with van der Waals surface area (Å²) in [6.45, 7) is 6.77. The molecule has 0 aromatic heterocycles. The van der Waals surface area contributed by atoms with Crippen LogP contribution in [0.25, 0.3) is 0 Å². The Labute approximate surface area is 233 Å². The number of nitrogens with zero attached hydrogens (tertiary/aromatic N) is 3. The van der Waals surface area contributed by atoms with Gasteiger partial charge in [0, 0.05) is 30.4 Å². The summed E-state index contributed by atoms with van der Waals surface area (Å²) in [7, 11) is 3.14. The van der Waals surface area contributed by atoms with E-state index >= 15 is 0 Å². The zero-order valence-corrected chi connectivity index (χ0v) is 23.8. The Kier molecular flexibility index (Phi) is 9.21. The van der Waals surface area contributed by atoms with Crippen LogP contribution in [0.4, 0.5) is 0 Å². The van der Waals surface area contributed by atoms with Crippen molar-refractivity contribution in [2.24, 2.45) is 10.9 Å². The van der Waals surface area contributed by atoms with Gasteiger partial charge in [0.15, 0.2) is 5.17 Å². The second-order valence-electron chi connectivity index (χ2n) is 9.33. The van der Waals surface area contributed by atoms with Crippen LogP contribution >= 0.6 is 11.8 Å². The number of carbonyl (C=O) groups is 3. The molecule has 11 heteroatoms. The zero-order valence-electron chi connectivity index (χ0n) is 23.0. The third kappa shape index (κ3) is 5.93. The van der Waals surface area contributed by atoms with Crippen LogP contribution in [-0.4, -0.2) is 73.3 Å². The lowest BCUT2D eigenvalue weighted by atomic mass is 9.92. The maximum atomic E-state index is 13.5. The predicted molar refractivity (Wildman–Crippen MR) is 147 cm³/mol. The maximum Gasteiger partial charge on any atom is 0.338 e. The molecular weight excluding hydrogens is 522 g/mol. The van der Waals surface area contributed by atoms with Gasteiger partial charge in [0.05, 0.1) is 57.1 Å². The van der Waals surface area contributed by atoms with Crippen molar-refractivity contribution in [3.63, 3.8) is 0 Å². The molecule has 0 N–H and O–H groups in total. The lowest BCUT2D eigenvalue weighted by Gasteiger charge is -2.37. The average Bonchev–Trinajstić information content (AvgIpc) is 3.33. The second kappa shape index (κ2) is 12.6. The molecule has 39 heavy (non-hydrogen) atoms. The Morgan fingerprint density at radius 2 is 1.87 bits per heavy atom. The van der Waals surface area contributed by atoms with Crippen molar-refractivity contribution in [3.05, 3.63) is 46.1 Å². The van der Waals surface area contributed by atoms with Gasteiger partial charge in [-0.05, 0) is 51.2 Å². The second-order valence-corrected chi connectivity index (χ2v) is 10.2. The summed E-state index contributed by atoms with van der Waals surface area (Å²) < 4.78 is 21.7. The van der Waals surface area contributed by atoms with Crippen LogP contribution in [0.1, 0.15) is 51.6 Å². The van der Waals surface area contributed by atoms with E-state index in [-0.39, 0.29) is 30.8 Å². The van der Waals surface area contributed by atoms with Crippen molar-refractivity contribution in [3.8, 4) is 11.5 Å². The molecule has 2 atom stereocenters. The Morgan fingerprint density at radius 3 is 2.56 bits per heavy atom. The van der Waals surface area contributed by atoms with E-state index in [4.69, 9.17) is 23.9 Å². The Bertz CT molecular complexity index is 1230. The van der Waals surface area contributed by atoms with Crippen LogP contribution < -0.4 is 9.47 Å². The summed E-state index contributed by atoms with van der Waals surface area (Å²) in [5.74, 6) is -0.00716. The minimum absolute atomic E-state index is 0.0890. The third-order valence-corrected chi connectivity index (χ3v) is 7.85. The summed E-state index contributed by atoms with van der Waals surface area (Å²) in [6.07, 6.45) is 1.53. The monoisotopic (exact) mass is 557 g/mol. The smallest absolute Gasteiger partial charge is 0.338 e. The van der Waals surface area contributed by atoms with Gasteiger partial charge < -0.3 is 28.7 Å². The minimum Gasteiger partial charge on any atom is -0.497 e. The SMILES string of the molecule is CCOC(=O)C1=C(C)N=C2SC=C(CC(=O)N3CCC[C@H](C(=O)OCC)C3)N2[C@H]1c1ccc(OC)cc1OC. The van der Waals surface area contributed by atoms with Crippen molar-refractivity contribution in [1.82, 2.24) is 9.80 Å². The molecule has 0 unspecified atom stereocenters. The maximum absolute atomic E-state index is 13.5. The van der Waals surface area contributed by atoms with Crippen molar-refractivity contribution < 1.29 is 33.3 Å². The van der Waals surface area contributed by atoms with Crippen LogP contribution in [-0.2, 0) is 23.9 Å². The third-order valence-electron chi connectivity index (χ3n) is 6.96. The largest absolute Gasteiger partial charge is 0.497 e. The number of likely N-dealkylation sites (tertiary alicyclic amines) is 1. The summed E-state index contributed by atoms with van der Waals surface area (Å²) in [5.41, 5.74) is 2.35. The summed E-state index contributed by atoms with van der Waals surface area (Å²) in [4.78, 5) is 47.4. The number of benzene rings is 1. The Balaban J connectivity index is 1.66. The van der Waals surface area contributed by atoms with E-state index in [2.05, 4.69) is 0 Å². The Morgan fingerprint density at radius 1 is 1.10 bits per heavy atom. The lowest BCUT2D eigenvalue weighted by Crippen LogP contribution is -2.44. The number of fused-ring (bicyclic) bond motifs is 1. The lowest BCUT2D eigenvalue weighted by molar-refractivity contribution is -0.151. The molecular formula is C28H35N3O7S. The molecule has 3 aliphatic heterocycles. The molecule has 1 amide bonds. The molecule has 0 bridgehead atoms. The first-order chi connectivity index (χ1) is 18.8. The molecule has 0 spiro atoms. The number of amidine groups is 1. The molecule has 3 aliphatic rings. The average molecular weight is 558 g/mol. The zero-order chi connectivity index (χ0) is 28.1. The van der Waals surface area contributed by atoms with E-state index in [9.17, 15) is 14.4 Å². The van der Waals surface area contributed by atoms with E-state index in [0.29, 0.717) is 65.3 Å². The quantitative estimate of drug-likeness (QED) is 0.416. The number of amides is 1. The topological polar surface area (TPSA) is 107 Å². The summed E-state index contributed by atoms with van der Waals surface area (Å²) >= 11 is 1.40. The first kappa shape index (κ1) is 28.5. The molecule has 1 fully saturated rings. The molecule has 1 saturated heterocycles. The highest BCUT2D eigenvalue weighted by Gasteiger charge is 2.43. The fraction of sp³-hybridized carbons (Fsp3) is 0.500. The van der Waals surface area contributed by atoms with Crippen LogP contribution in [0.3, 0.4) is 0 Å². The molecule has 0 aliphatic carbocycles. The van der Waals surface area contributed by atoms with Crippen molar-refractivity contribution >= 4 is 34.8 Å². The van der Waals surface area contributed by atoms with Crippen LogP contribution in [0.5, 0.6) is 11.5 Å². The number of hydrogen-bond donors (Lipinski definition) is 0. The van der Waals surface area contributed by atoms with Gasteiger partial charge in [-0.2, -0.15) is 0 Å². The normalized spacial score (nSPS) is 20.6. The van der Waals surface area contributed by atoms with Crippen LogP contribution in [0.2, 0.25) is 0 Å². The number of piperidine rings is 1. The van der Waals surface area contributed by atoms with Gasteiger partial charge in [0.1, 0.15) is 11.5 Å². The van der Waals surface area contributed by atoms with Crippen molar-refractivity contribution in [1.29, 1.82) is 0 Å². The number of hydrogen-bond acceptors (Lipinski definition) is 10. The van der Waals surface area contributed by atoms with E-state index in [1.54, 1.807) is 46.0 Å². The summed E-state index contributed by atoms with van der Waals surface area (Å²) in [6, 6.07) is 4.80. The van der Waals surface area contributed by atoms with E-state index in [1.807, 2.05) is 22.4 Å². The molecule has 10 nitrogen and oxygen atoms in total. The van der Waals surface area contributed by atoms with Crippen LogP contribution in [0.15, 0.2) is 45.6 Å². The van der Waals surface area contributed by atoms with Gasteiger partial charge in [-0.25, -0.2) is 9.79 Å². The first-order valence-corrected chi connectivity index (χ1v) is 14.0. The van der Waals surface area contributed by atoms with Crippen molar-refractivity contribution in [2.75, 3.05) is 40.5 Å². The highest BCUT2D eigenvalue weighted by Crippen LogP contribution is 2.47.